The predicted octanol–water partition coefficient (Wildman–Crippen LogP) is 8.11. The lowest BCUT2D eigenvalue weighted by Gasteiger charge is -2.64. The molecule has 20 heteroatoms. The van der Waals surface area contributed by atoms with E-state index in [1.165, 1.54) is 12.1 Å². The quantitative estimate of drug-likeness (QED) is 0.0455. The molecule has 4 aromatic carbocycles. The minimum Gasteiger partial charge on any atom is -0.483 e. The number of likely N-dealkylation sites (tertiary alicyclic amines) is 2. The fourth-order valence-electron chi connectivity index (χ4n) is 17.2. The Labute approximate surface area is 494 Å². The van der Waals surface area contributed by atoms with E-state index in [0.717, 1.165) is 85.3 Å². The third-order valence-electron chi connectivity index (χ3n) is 21.6. The average Bonchev–Trinajstić information content (AvgIpc) is 1.38. The number of carbonyl (C=O) groups is 2. The number of likely N-dealkylation sites (N-methyl/N-ethyl adjacent to an activating group) is 2. The molecular weight excluding hydrogens is 1120 g/mol. The number of nitrogens with zero attached hydrogens (tertiary/aromatic N) is 4. The molecule has 0 aromatic heterocycles. The number of benzene rings is 4. The first-order valence-electron chi connectivity index (χ1n) is 30.5. The summed E-state index contributed by atoms with van der Waals surface area (Å²) in [7, 11) is 3.82. The summed E-state index contributed by atoms with van der Waals surface area (Å²) in [5, 5.41) is 49.7. The summed E-state index contributed by atoms with van der Waals surface area (Å²) in [6, 6.07) is 16.0. The van der Waals surface area contributed by atoms with Crippen LogP contribution in [0.15, 0.2) is 84.9 Å². The zero-order valence-corrected chi connectivity index (χ0v) is 48.0. The van der Waals surface area contributed by atoms with Crippen molar-refractivity contribution in [1.82, 2.24) is 19.6 Å². The highest BCUT2D eigenvalue weighted by molar-refractivity contribution is 5.88. The van der Waals surface area contributed by atoms with Gasteiger partial charge in [-0.05, 0) is 175 Å². The third kappa shape index (κ3) is 9.26. The lowest BCUT2D eigenvalue weighted by molar-refractivity contribution is -0.199. The Kier molecular flexibility index (Phi) is 14.1. The number of esters is 2. The molecule has 6 aliphatic carbocycles. The first kappa shape index (κ1) is 57.9. The molecule has 10 aliphatic rings. The molecule has 4 heterocycles. The molecule has 6 fully saturated rings. The van der Waals surface area contributed by atoms with Gasteiger partial charge in [0.15, 0.2) is 35.2 Å². The molecule has 86 heavy (non-hydrogen) atoms. The van der Waals surface area contributed by atoms with Gasteiger partial charge in [0.2, 0.25) is 0 Å². The van der Waals surface area contributed by atoms with Crippen LogP contribution in [-0.4, -0.2) is 165 Å². The molecular formula is C66H72F6N4O10. The van der Waals surface area contributed by atoms with Crippen molar-refractivity contribution in [3.05, 3.63) is 129 Å². The van der Waals surface area contributed by atoms with Crippen molar-refractivity contribution in [1.29, 1.82) is 0 Å². The maximum absolute atomic E-state index is 14.2. The number of rotatable bonds is 17. The van der Waals surface area contributed by atoms with Gasteiger partial charge in [-0.1, -0.05) is 60.7 Å². The number of aliphatic hydroxyl groups excluding tert-OH is 2. The molecule has 12 atom stereocenters. The predicted molar refractivity (Wildman–Crippen MR) is 303 cm³/mol. The number of piperidine rings is 2. The highest BCUT2D eigenvalue weighted by Gasteiger charge is 2.75. The summed E-state index contributed by atoms with van der Waals surface area (Å²) >= 11 is 0. The fourth-order valence-corrected chi connectivity index (χ4v) is 17.2. The lowest BCUT2D eigenvalue weighted by Crippen LogP contribution is -2.78. The van der Waals surface area contributed by atoms with Crippen LogP contribution in [0.3, 0.4) is 0 Å². The molecule has 458 valence electrons. The highest BCUT2D eigenvalue weighted by atomic mass is 19.4. The van der Waals surface area contributed by atoms with E-state index in [4.69, 9.17) is 18.9 Å². The average molecular weight is 1200 g/mol. The molecule has 6 unspecified atom stereocenters. The van der Waals surface area contributed by atoms with Gasteiger partial charge in [0.05, 0.1) is 33.2 Å². The van der Waals surface area contributed by atoms with Crippen LogP contribution in [0.25, 0.3) is 12.2 Å². The Balaban J connectivity index is 0.713. The van der Waals surface area contributed by atoms with Gasteiger partial charge in [-0.25, -0.2) is 9.59 Å². The van der Waals surface area contributed by atoms with E-state index >= 15 is 0 Å². The van der Waals surface area contributed by atoms with Crippen molar-refractivity contribution in [3.8, 4) is 23.0 Å². The van der Waals surface area contributed by atoms with Crippen LogP contribution in [0.2, 0.25) is 0 Å². The molecule has 2 spiro atoms. The van der Waals surface area contributed by atoms with Crippen molar-refractivity contribution in [2.24, 2.45) is 11.8 Å². The number of aliphatic hydroxyl groups is 4. The second kappa shape index (κ2) is 20.9. The van der Waals surface area contributed by atoms with Gasteiger partial charge < -0.3 is 39.4 Å². The number of halogens is 6. The minimum atomic E-state index is -4.49. The van der Waals surface area contributed by atoms with Crippen LogP contribution in [0.5, 0.6) is 23.0 Å². The summed E-state index contributed by atoms with van der Waals surface area (Å²) in [5.74, 6) is -1.28. The van der Waals surface area contributed by atoms with Crippen LogP contribution in [0.4, 0.5) is 26.3 Å². The maximum atomic E-state index is 14.2. The zero-order chi connectivity index (χ0) is 60.0. The van der Waals surface area contributed by atoms with Gasteiger partial charge in [-0.2, -0.15) is 26.3 Å². The second-order valence-corrected chi connectivity index (χ2v) is 26.4. The molecule has 4 aliphatic heterocycles. The third-order valence-corrected chi connectivity index (χ3v) is 21.6. The largest absolute Gasteiger partial charge is 0.483 e. The maximum Gasteiger partial charge on any atom is 0.416 e. The summed E-state index contributed by atoms with van der Waals surface area (Å²) in [6.45, 7) is 3.81. The molecule has 4 N–H and O–H groups in total. The van der Waals surface area contributed by atoms with Crippen molar-refractivity contribution in [3.63, 3.8) is 0 Å². The number of hydrogen-bond donors (Lipinski definition) is 4. The van der Waals surface area contributed by atoms with Crippen molar-refractivity contribution in [2.45, 2.75) is 160 Å². The first-order valence-corrected chi connectivity index (χ1v) is 30.5. The normalized spacial score (nSPS) is 32.3. The second-order valence-electron chi connectivity index (χ2n) is 26.4. The molecule has 14 rings (SSSR count). The van der Waals surface area contributed by atoms with Gasteiger partial charge in [0.1, 0.15) is 12.2 Å². The number of alkyl halides is 6. The Morgan fingerprint density at radius 1 is 0.616 bits per heavy atom. The summed E-state index contributed by atoms with van der Waals surface area (Å²) < 4.78 is 107. The fraction of sp³-hybridized carbons (Fsp3) is 0.545. The van der Waals surface area contributed by atoms with Crippen molar-refractivity contribution < 1.29 is 75.3 Å². The van der Waals surface area contributed by atoms with Gasteiger partial charge in [0, 0.05) is 61.5 Å². The molecule has 14 nitrogen and oxygen atoms in total. The first-order chi connectivity index (χ1) is 41.0. The summed E-state index contributed by atoms with van der Waals surface area (Å²) in [4.78, 5) is 37.3. The molecule has 4 bridgehead atoms. The molecule has 0 amide bonds. The van der Waals surface area contributed by atoms with Crippen LogP contribution in [0.1, 0.15) is 109 Å². The highest BCUT2D eigenvalue weighted by Crippen LogP contribution is 2.68. The SMILES string of the molecule is CN(C/C=C/c1cccc(C(F)(F)F)c1)C1CC[C@@]2(O)[C@H]3Cc4ccc(OC(=O)C(O)C(O)C(=O)Oc5ccc6c7c5OC5C(N(C)C/C=C/c8cccc(C(F)(F)F)c8)CC[C@@]8(O)[C@@H](C6)N(CC6CC6)CC[C@]758)c5c4[C@@]2(CCN3CC2CC2)C1O5. The molecule has 4 saturated carbocycles. The van der Waals surface area contributed by atoms with E-state index in [1.54, 1.807) is 48.6 Å². The Hall–Kier alpha value is -5.84. The van der Waals surface area contributed by atoms with E-state index in [1.807, 2.05) is 26.2 Å². The van der Waals surface area contributed by atoms with Crippen LogP contribution in [0, 0.1) is 11.8 Å². The van der Waals surface area contributed by atoms with E-state index in [2.05, 4.69) is 19.6 Å². The number of carbonyl (C=O) groups excluding carboxylic acids is 2. The minimum absolute atomic E-state index is 0.0676. The van der Waals surface area contributed by atoms with Crippen molar-refractivity contribution in [2.75, 3.05) is 53.4 Å². The van der Waals surface area contributed by atoms with Gasteiger partial charge in [-0.3, -0.25) is 19.6 Å². The van der Waals surface area contributed by atoms with E-state index in [0.29, 0.717) is 101 Å². The Bertz CT molecular complexity index is 3200. The Morgan fingerprint density at radius 2 is 1.02 bits per heavy atom. The molecule has 0 radical (unpaired) electrons. The lowest BCUT2D eigenvalue weighted by atomic mass is 9.48. The van der Waals surface area contributed by atoms with E-state index in [-0.39, 0.29) is 47.2 Å². The smallest absolute Gasteiger partial charge is 0.416 e. The van der Waals surface area contributed by atoms with Crippen LogP contribution in [-0.2, 0) is 45.6 Å². The molecule has 2 saturated heterocycles. The topological polar surface area (TPSA) is 165 Å². The zero-order valence-electron chi connectivity index (χ0n) is 48.0. The van der Waals surface area contributed by atoms with E-state index in [9.17, 15) is 56.4 Å². The van der Waals surface area contributed by atoms with Gasteiger partial charge >= 0.3 is 24.3 Å². The van der Waals surface area contributed by atoms with Crippen molar-refractivity contribution >= 4 is 24.1 Å². The number of ether oxygens (including phenoxy) is 4. The summed E-state index contributed by atoms with van der Waals surface area (Å²) in [6.07, 6.45) is 0.303. The monoisotopic (exact) mass is 1190 g/mol. The van der Waals surface area contributed by atoms with Gasteiger partial charge in [-0.15, -0.1) is 0 Å². The Morgan fingerprint density at radius 3 is 1.41 bits per heavy atom. The standard InChI is InChI=1S/C66H72F6N4O10/c1-73(27-5-9-37-7-3-11-43(31-37)65(67,68)69)45-21-23-63(81)49-33-41-17-19-47(55-51(41)61(63,57(45)85-55)25-29-75(49)35-39-13-14-39)83-59(79)53(77)54(78)60(80)84-48-20-18-42-34-50-64(82)24-22-46(74(2)28-6-10-38-8-4-12-44(32-38)66(70,71)72)58-62(64,52(42)56(48)86-58)26-30-76(50)36-40-15-16-40/h3-12,17-20,31-32,39-40,45-46,49-50,53-54,57-58,77-78,81-82H,13-16,21-30,33-36H2,1-2H3/b9-5+,10-6+/t45?,46?,49-,50-,53?,54?,57?,58?,61+,62+,63-,64-/m1/s1. The molecule has 4 aromatic rings. The van der Waals surface area contributed by atoms with E-state index < -0.39 is 81.9 Å². The van der Waals surface area contributed by atoms with Gasteiger partial charge in [0.25, 0.3) is 0 Å². The summed E-state index contributed by atoms with van der Waals surface area (Å²) in [5.41, 5.74) is -1.78. The number of hydrogen-bond acceptors (Lipinski definition) is 14. The van der Waals surface area contributed by atoms with Crippen LogP contribution >= 0.6 is 0 Å². The van der Waals surface area contributed by atoms with Crippen LogP contribution < -0.4 is 18.9 Å².